The van der Waals surface area contributed by atoms with E-state index in [-0.39, 0.29) is 5.82 Å². The van der Waals surface area contributed by atoms with Crippen LogP contribution in [0.15, 0.2) is 47.4 Å². The third-order valence-corrected chi connectivity index (χ3v) is 3.70. The average Bonchev–Trinajstić information content (AvgIpc) is 2.39. The molecule has 18 heavy (non-hydrogen) atoms. The van der Waals surface area contributed by atoms with E-state index in [1.807, 2.05) is 24.3 Å². The number of benzene rings is 2. The lowest BCUT2D eigenvalue weighted by molar-refractivity contribution is 0.411. The Morgan fingerprint density at radius 1 is 1.22 bits per heavy atom. The van der Waals surface area contributed by atoms with Crippen molar-refractivity contribution in [3.63, 3.8) is 0 Å². The monoisotopic (exact) mass is 263 g/mol. The summed E-state index contributed by atoms with van der Waals surface area (Å²) in [6.45, 7) is 0. The molecule has 0 atom stereocenters. The SMILES string of the molecule is COc1ccc(CSc2ccccc2N)c(F)c1. The van der Waals surface area contributed by atoms with E-state index >= 15 is 0 Å². The Balaban J connectivity index is 2.09. The molecule has 0 aliphatic rings. The molecule has 0 amide bonds. The van der Waals surface area contributed by atoms with Crippen molar-refractivity contribution < 1.29 is 9.13 Å². The zero-order valence-corrected chi connectivity index (χ0v) is 10.8. The van der Waals surface area contributed by atoms with Gasteiger partial charge in [0.25, 0.3) is 0 Å². The van der Waals surface area contributed by atoms with Crippen LogP contribution in [0.2, 0.25) is 0 Å². The van der Waals surface area contributed by atoms with E-state index in [2.05, 4.69) is 0 Å². The number of rotatable bonds is 4. The van der Waals surface area contributed by atoms with Gasteiger partial charge in [-0.25, -0.2) is 4.39 Å². The number of halogens is 1. The number of nitrogens with two attached hydrogens (primary N) is 1. The summed E-state index contributed by atoms with van der Waals surface area (Å²) >= 11 is 1.52. The summed E-state index contributed by atoms with van der Waals surface area (Å²) in [5.41, 5.74) is 7.20. The molecule has 0 fully saturated rings. The molecular weight excluding hydrogens is 249 g/mol. The number of methoxy groups -OCH3 is 1. The Morgan fingerprint density at radius 3 is 2.67 bits per heavy atom. The van der Waals surface area contributed by atoms with Crippen LogP contribution in [0, 0.1) is 5.82 Å². The zero-order valence-electron chi connectivity index (χ0n) is 10.0. The lowest BCUT2D eigenvalue weighted by Gasteiger charge is -2.07. The minimum absolute atomic E-state index is 0.253. The topological polar surface area (TPSA) is 35.2 Å². The molecule has 0 bridgehead atoms. The Kier molecular flexibility index (Phi) is 4.10. The number of hydrogen-bond donors (Lipinski definition) is 1. The third-order valence-electron chi connectivity index (χ3n) is 2.56. The summed E-state index contributed by atoms with van der Waals surface area (Å²) in [5.74, 6) is 0.821. The normalized spacial score (nSPS) is 10.3. The van der Waals surface area contributed by atoms with E-state index in [0.29, 0.717) is 17.1 Å². The number of hydrogen-bond acceptors (Lipinski definition) is 3. The zero-order chi connectivity index (χ0) is 13.0. The first-order chi connectivity index (χ1) is 8.70. The highest BCUT2D eigenvalue weighted by Crippen LogP contribution is 2.29. The maximum Gasteiger partial charge on any atom is 0.130 e. The van der Waals surface area contributed by atoms with Crippen LogP contribution in [0.25, 0.3) is 0 Å². The molecule has 0 unspecified atom stereocenters. The van der Waals surface area contributed by atoms with Crippen LogP contribution in [0.4, 0.5) is 10.1 Å². The third kappa shape index (κ3) is 2.96. The van der Waals surface area contributed by atoms with Crippen LogP contribution in [-0.4, -0.2) is 7.11 Å². The van der Waals surface area contributed by atoms with Gasteiger partial charge < -0.3 is 10.5 Å². The van der Waals surface area contributed by atoms with E-state index in [1.165, 1.54) is 24.9 Å². The molecule has 2 nitrogen and oxygen atoms in total. The molecule has 2 N–H and O–H groups in total. The van der Waals surface area contributed by atoms with Crippen molar-refractivity contribution >= 4 is 17.4 Å². The lowest BCUT2D eigenvalue weighted by atomic mass is 10.2. The molecule has 2 rings (SSSR count). The van der Waals surface area contributed by atoms with E-state index in [4.69, 9.17) is 10.5 Å². The summed E-state index contributed by atoms with van der Waals surface area (Å²) in [7, 11) is 1.52. The minimum Gasteiger partial charge on any atom is -0.497 e. The highest BCUT2D eigenvalue weighted by atomic mass is 32.2. The maximum absolute atomic E-state index is 13.7. The van der Waals surface area contributed by atoms with Crippen molar-refractivity contribution in [2.24, 2.45) is 0 Å². The molecule has 0 aliphatic heterocycles. The second-order valence-electron chi connectivity index (χ2n) is 3.78. The van der Waals surface area contributed by atoms with Gasteiger partial charge in [-0.2, -0.15) is 0 Å². The first-order valence-electron chi connectivity index (χ1n) is 5.50. The Bertz CT molecular complexity index is 545. The predicted molar refractivity (Wildman–Crippen MR) is 73.4 cm³/mol. The lowest BCUT2D eigenvalue weighted by Crippen LogP contribution is -1.92. The maximum atomic E-state index is 13.7. The smallest absolute Gasteiger partial charge is 0.130 e. The van der Waals surface area contributed by atoms with Crippen LogP contribution >= 0.6 is 11.8 Å². The second-order valence-corrected chi connectivity index (χ2v) is 4.80. The van der Waals surface area contributed by atoms with Crippen LogP contribution in [0.1, 0.15) is 5.56 Å². The van der Waals surface area contributed by atoms with E-state index < -0.39 is 0 Å². The second kappa shape index (κ2) is 5.78. The summed E-state index contributed by atoms with van der Waals surface area (Å²) in [6, 6.07) is 12.5. The van der Waals surface area contributed by atoms with Crippen LogP contribution in [0.5, 0.6) is 5.75 Å². The van der Waals surface area contributed by atoms with Crippen molar-refractivity contribution in [3.8, 4) is 5.75 Å². The van der Waals surface area contributed by atoms with E-state index in [0.717, 1.165) is 10.6 Å². The number of anilines is 1. The van der Waals surface area contributed by atoms with Crippen LogP contribution in [-0.2, 0) is 5.75 Å². The number of thioether (sulfide) groups is 1. The van der Waals surface area contributed by atoms with Crippen molar-refractivity contribution in [2.45, 2.75) is 10.6 Å². The standard InChI is InChI=1S/C14H14FNOS/c1-17-11-7-6-10(12(15)8-11)9-18-14-5-3-2-4-13(14)16/h2-8H,9,16H2,1H3. The highest BCUT2D eigenvalue weighted by Gasteiger charge is 2.06. The Labute approximate surface area is 110 Å². The fourth-order valence-electron chi connectivity index (χ4n) is 1.54. The summed E-state index contributed by atoms with van der Waals surface area (Å²) in [4.78, 5) is 0.965. The molecule has 0 aliphatic carbocycles. The molecular formula is C14H14FNOS. The molecule has 0 saturated heterocycles. The molecule has 0 aromatic heterocycles. The molecule has 0 spiro atoms. The quantitative estimate of drug-likeness (QED) is 0.674. The Morgan fingerprint density at radius 2 is 2.00 bits per heavy atom. The molecule has 2 aromatic rings. The summed E-state index contributed by atoms with van der Waals surface area (Å²) in [5, 5.41) is 0. The first-order valence-corrected chi connectivity index (χ1v) is 6.49. The Hall–Kier alpha value is -1.68. The predicted octanol–water partition coefficient (Wildman–Crippen LogP) is 3.71. The van der Waals surface area contributed by atoms with Gasteiger partial charge in [0.1, 0.15) is 11.6 Å². The van der Waals surface area contributed by atoms with Crippen LogP contribution in [0.3, 0.4) is 0 Å². The fourth-order valence-corrected chi connectivity index (χ4v) is 2.49. The van der Waals surface area contributed by atoms with Gasteiger partial charge in [0.15, 0.2) is 0 Å². The van der Waals surface area contributed by atoms with Gasteiger partial charge in [0.05, 0.1) is 7.11 Å². The fraction of sp³-hybridized carbons (Fsp3) is 0.143. The molecule has 0 radical (unpaired) electrons. The largest absolute Gasteiger partial charge is 0.497 e. The minimum atomic E-state index is -0.253. The molecule has 4 heteroatoms. The summed E-state index contributed by atoms with van der Waals surface area (Å²) in [6.07, 6.45) is 0. The molecule has 2 aromatic carbocycles. The van der Waals surface area contributed by atoms with Crippen molar-refractivity contribution in [2.75, 3.05) is 12.8 Å². The van der Waals surface area contributed by atoms with Gasteiger partial charge in [-0.1, -0.05) is 18.2 Å². The van der Waals surface area contributed by atoms with Crippen molar-refractivity contribution in [1.82, 2.24) is 0 Å². The van der Waals surface area contributed by atoms with Crippen LogP contribution < -0.4 is 10.5 Å². The van der Waals surface area contributed by atoms with E-state index in [9.17, 15) is 4.39 Å². The first kappa shape index (κ1) is 12.8. The molecule has 94 valence electrons. The van der Waals surface area contributed by atoms with Gasteiger partial charge in [-0.15, -0.1) is 11.8 Å². The van der Waals surface area contributed by atoms with Gasteiger partial charge in [-0.3, -0.25) is 0 Å². The van der Waals surface area contributed by atoms with E-state index in [1.54, 1.807) is 12.1 Å². The number of nitrogen functional groups attached to an aromatic ring is 1. The number of ether oxygens (including phenoxy) is 1. The van der Waals surface area contributed by atoms with Gasteiger partial charge in [0.2, 0.25) is 0 Å². The molecule has 0 heterocycles. The highest BCUT2D eigenvalue weighted by molar-refractivity contribution is 7.98. The average molecular weight is 263 g/mol. The van der Waals surface area contributed by atoms with Crippen molar-refractivity contribution in [3.05, 3.63) is 53.8 Å². The number of para-hydroxylation sites is 1. The van der Waals surface area contributed by atoms with Gasteiger partial charge in [0, 0.05) is 22.4 Å². The van der Waals surface area contributed by atoms with Gasteiger partial charge >= 0.3 is 0 Å². The summed E-state index contributed by atoms with van der Waals surface area (Å²) < 4.78 is 18.7. The van der Waals surface area contributed by atoms with Crippen molar-refractivity contribution in [1.29, 1.82) is 0 Å². The van der Waals surface area contributed by atoms with Gasteiger partial charge in [-0.05, 0) is 23.8 Å². The molecule has 0 saturated carbocycles.